The molecule has 2 saturated carbocycles. The van der Waals surface area contributed by atoms with Gasteiger partial charge in [-0.2, -0.15) is 11.3 Å². The van der Waals surface area contributed by atoms with Crippen molar-refractivity contribution in [2.75, 3.05) is 0 Å². The van der Waals surface area contributed by atoms with Crippen LogP contribution in [-0.4, -0.2) is 23.2 Å². The van der Waals surface area contributed by atoms with Crippen LogP contribution in [0, 0.1) is 30.9 Å². The second kappa shape index (κ2) is 17.3. The van der Waals surface area contributed by atoms with E-state index < -0.39 is 19.2 Å². The van der Waals surface area contributed by atoms with E-state index in [4.69, 9.17) is 4.98 Å². The van der Waals surface area contributed by atoms with Crippen LogP contribution in [0.1, 0.15) is 82.6 Å². The van der Waals surface area contributed by atoms with Crippen molar-refractivity contribution in [3.05, 3.63) is 127 Å². The summed E-state index contributed by atoms with van der Waals surface area (Å²) in [5.74, 6) is 7.51. The van der Waals surface area contributed by atoms with Crippen LogP contribution >= 0.6 is 11.3 Å². The average molecular weight is 967 g/mol. The van der Waals surface area contributed by atoms with E-state index in [0.29, 0.717) is 11.8 Å². The smallest absolute Gasteiger partial charge is 0 e. The van der Waals surface area contributed by atoms with Crippen molar-refractivity contribution < 1.29 is 21.5 Å². The fraction of sp³-hybridized carbons (Fsp3) is 0.347. The summed E-state index contributed by atoms with van der Waals surface area (Å²) < 4.78 is 14.2. The van der Waals surface area contributed by atoms with Gasteiger partial charge in [-0.05, 0) is 78.1 Å². The minimum absolute atomic E-state index is 0. The fourth-order valence-corrected chi connectivity index (χ4v) is 12.2. The van der Waals surface area contributed by atoms with Crippen LogP contribution in [0.5, 0.6) is 0 Å². The zero-order valence-corrected chi connectivity index (χ0v) is 37.5. The van der Waals surface area contributed by atoms with Gasteiger partial charge in [-0.15, -0.1) is 17.5 Å². The number of aromatic nitrogens is 2. The number of benzene rings is 4. The molecule has 0 N–H and O–H groups in total. The van der Waals surface area contributed by atoms with Crippen LogP contribution in [0.25, 0.3) is 53.5 Å². The minimum Gasteiger partial charge on any atom is 0 e. The second-order valence-electron chi connectivity index (χ2n) is 16.4. The van der Waals surface area contributed by atoms with Crippen molar-refractivity contribution in [2.45, 2.75) is 94.3 Å². The molecule has 54 heavy (non-hydrogen) atoms. The zero-order chi connectivity index (χ0) is 37.3. The van der Waals surface area contributed by atoms with Gasteiger partial charge in [0.25, 0.3) is 0 Å². The molecule has 0 bridgehead atoms. The fourth-order valence-electron chi connectivity index (χ4n) is 8.77. The Hall–Kier alpha value is -3.15. The van der Waals surface area contributed by atoms with Gasteiger partial charge in [0.2, 0.25) is 0 Å². The summed E-state index contributed by atoms with van der Waals surface area (Å²) in [6.07, 6.45) is 16.5. The molecule has 0 saturated heterocycles. The number of aryl methyl sites for hydroxylation is 1. The summed E-state index contributed by atoms with van der Waals surface area (Å²) in [7, 11) is 0. The number of nitrogens with zero attached hydrogens (tertiary/aromatic N) is 2. The van der Waals surface area contributed by atoms with Crippen molar-refractivity contribution in [1.82, 2.24) is 9.97 Å². The van der Waals surface area contributed by atoms with E-state index in [1.54, 1.807) is 0 Å². The first kappa shape index (κ1) is 37.8. The molecule has 0 unspecified atom stereocenters. The molecule has 2 aliphatic rings. The molecule has 2 nitrogen and oxygen atoms in total. The van der Waals surface area contributed by atoms with Gasteiger partial charge in [0.1, 0.15) is 0 Å². The first-order valence-electron chi connectivity index (χ1n) is 20.4. The van der Waals surface area contributed by atoms with Crippen LogP contribution in [0.3, 0.4) is 0 Å². The van der Waals surface area contributed by atoms with E-state index in [0.717, 1.165) is 27.9 Å². The summed E-state index contributed by atoms with van der Waals surface area (Å²) in [5, 5.41) is 5.05. The van der Waals surface area contributed by atoms with E-state index in [-0.39, 0.29) is 20.1 Å². The number of pyridine rings is 2. The monoisotopic (exact) mass is 968 g/mol. The van der Waals surface area contributed by atoms with Crippen molar-refractivity contribution in [1.29, 1.82) is 0 Å². The molecular weight excluding hydrogens is 913 g/mol. The van der Waals surface area contributed by atoms with E-state index in [1.165, 1.54) is 105 Å². The minimum atomic E-state index is -1.72. The van der Waals surface area contributed by atoms with Crippen molar-refractivity contribution in [3.8, 4) is 22.5 Å². The normalized spacial score (nSPS) is 16.1. The molecule has 9 rings (SSSR count). The summed E-state index contributed by atoms with van der Waals surface area (Å²) in [4.78, 5) is 9.49. The predicted octanol–water partition coefficient (Wildman–Crippen LogP) is 13.7. The molecule has 0 aliphatic heterocycles. The number of fused-ring (bicyclic) bond motifs is 5. The van der Waals surface area contributed by atoms with Crippen molar-refractivity contribution in [3.63, 3.8) is 0 Å². The number of rotatable bonds is 6. The average Bonchev–Trinajstić information content (AvgIpc) is 3.61. The van der Waals surface area contributed by atoms with Gasteiger partial charge in [0.05, 0.1) is 0 Å². The predicted molar refractivity (Wildman–Crippen MR) is 231 cm³/mol. The molecular formula is C49H52GeIrN2S-2. The largest absolute Gasteiger partial charge is 0 e. The summed E-state index contributed by atoms with van der Waals surface area (Å²) in [5.41, 5.74) is 6.58. The maximum Gasteiger partial charge on any atom is 0 e. The topological polar surface area (TPSA) is 25.8 Å². The van der Waals surface area contributed by atoms with E-state index in [2.05, 4.69) is 108 Å². The summed E-state index contributed by atoms with van der Waals surface area (Å²) in [6.45, 7) is 2.16. The van der Waals surface area contributed by atoms with Crippen molar-refractivity contribution in [2.24, 2.45) is 11.8 Å². The first-order chi connectivity index (χ1) is 26.2. The van der Waals surface area contributed by atoms with E-state index >= 15 is 0 Å². The standard InChI is InChI=1S/C35H36NS.C14H16GeN.Ir/c1-23-16-17-28-27(20-23)21-30(35-34(28)29-14-8-9-15-32(29)37-35)31-22-26(18-19-36-31)33(24-10-4-2-5-11-24)25-12-6-3-7-13-25;1-15(2,3)13-9-10-14(16-11-13)12-7-5-4-6-8-12;/h8-9,14-20,22,24-25,33H,2-7,10-13H2,1H3;4-7,9-11H,1-3H3;/q2*-1;/i33D;;. The third-order valence-electron chi connectivity index (χ3n) is 11.6. The van der Waals surface area contributed by atoms with E-state index in [1.807, 2.05) is 48.0 Å². The van der Waals surface area contributed by atoms with Crippen LogP contribution < -0.4 is 4.40 Å². The van der Waals surface area contributed by atoms with Crippen LogP contribution in [0.15, 0.2) is 103 Å². The van der Waals surface area contributed by atoms with Gasteiger partial charge in [-0.1, -0.05) is 96.8 Å². The van der Waals surface area contributed by atoms with Gasteiger partial charge >= 0.3 is 99.8 Å². The molecule has 2 aliphatic carbocycles. The molecule has 0 amide bonds. The molecule has 3 heterocycles. The van der Waals surface area contributed by atoms with Gasteiger partial charge < -0.3 is 0 Å². The molecule has 3 aromatic heterocycles. The maximum absolute atomic E-state index is 10.2. The number of thiophene rings is 1. The second-order valence-corrected chi connectivity index (χ2v) is 28.1. The Morgan fingerprint density at radius 3 is 2.15 bits per heavy atom. The molecule has 0 atom stereocenters. The summed E-state index contributed by atoms with van der Waals surface area (Å²) in [6, 6.07) is 39.3. The SMILES string of the molecule is [2H]C(c1ccnc(-c2[c-]c3cc(C)ccc3c3c2sc2ccccc23)c1)(C1CCCCC1)C1CCCCC1.[CH3][Ge]([CH3])([CH3])[c]1ccc(-c2[c-]cccc2)nc1.[Ir]. The molecule has 4 aromatic carbocycles. The maximum atomic E-state index is 10.2. The van der Waals surface area contributed by atoms with Gasteiger partial charge in [-0.3, -0.25) is 4.98 Å². The molecule has 0 spiro atoms. The Labute approximate surface area is 344 Å². The third kappa shape index (κ3) is 8.48. The van der Waals surface area contributed by atoms with Crippen LogP contribution in [0.2, 0.25) is 17.3 Å². The number of hydrogen-bond acceptors (Lipinski definition) is 3. The molecule has 5 heteroatoms. The summed E-state index contributed by atoms with van der Waals surface area (Å²) >= 11 is 0.138. The molecule has 2 fully saturated rings. The van der Waals surface area contributed by atoms with Gasteiger partial charge in [0, 0.05) is 38.1 Å². The molecule has 1 radical (unpaired) electrons. The zero-order valence-electron chi connectivity index (χ0n) is 33.2. The van der Waals surface area contributed by atoms with Gasteiger partial charge in [0.15, 0.2) is 0 Å². The Balaban J connectivity index is 0.000000231. The third-order valence-corrected chi connectivity index (χ3v) is 17.0. The van der Waals surface area contributed by atoms with E-state index in [9.17, 15) is 1.37 Å². The molecule has 279 valence electrons. The van der Waals surface area contributed by atoms with Crippen LogP contribution in [0.4, 0.5) is 0 Å². The Morgan fingerprint density at radius 1 is 0.759 bits per heavy atom. The van der Waals surface area contributed by atoms with Crippen molar-refractivity contribution >= 4 is 59.9 Å². The number of hydrogen-bond donors (Lipinski definition) is 0. The van der Waals surface area contributed by atoms with Crippen LogP contribution in [-0.2, 0) is 20.1 Å². The first-order valence-corrected chi connectivity index (χ1v) is 28.0. The molecule has 7 aromatic rings. The van der Waals surface area contributed by atoms with Gasteiger partial charge in [-0.25, -0.2) is 0 Å². The Bertz CT molecular complexity index is 2350. The Morgan fingerprint density at radius 2 is 1.48 bits per heavy atom. The quantitative estimate of drug-likeness (QED) is 0.123. The Kier molecular flexibility index (Phi) is 12.1.